The molecule has 0 amide bonds. The molecule has 10 heteroatoms. The Kier molecular flexibility index (Phi) is 10.0. The molecule has 0 aliphatic heterocycles. The smallest absolute Gasteiger partial charge is 0.416 e. The maximum atomic E-state index is 13.1. The summed E-state index contributed by atoms with van der Waals surface area (Å²) in [5.41, 5.74) is -0.336. The third-order valence-electron chi connectivity index (χ3n) is 6.75. The van der Waals surface area contributed by atoms with Gasteiger partial charge in [0.1, 0.15) is 10.8 Å². The van der Waals surface area contributed by atoms with E-state index in [1.54, 1.807) is 55.5 Å². The third kappa shape index (κ3) is 6.83. The molecule has 1 atom stereocenters. The second-order valence-electron chi connectivity index (χ2n) is 9.38. The number of ketones is 1. The minimum Gasteiger partial charge on any atom is -0.469 e. The number of ether oxygens (including phenoxy) is 2. The van der Waals surface area contributed by atoms with Crippen LogP contribution in [0.4, 0.5) is 13.2 Å². The summed E-state index contributed by atoms with van der Waals surface area (Å²) >= 11 is 14.4. The van der Waals surface area contributed by atoms with Crippen LogP contribution in [0.15, 0.2) is 78.9 Å². The zero-order valence-electron chi connectivity index (χ0n) is 22.8. The van der Waals surface area contributed by atoms with E-state index in [9.17, 15) is 22.8 Å². The summed E-state index contributed by atoms with van der Waals surface area (Å²) in [5.74, 6) is -0.482. The van der Waals surface area contributed by atoms with E-state index in [1.807, 2.05) is 13.0 Å². The lowest BCUT2D eigenvalue weighted by Gasteiger charge is -2.32. The van der Waals surface area contributed by atoms with Gasteiger partial charge in [-0.05, 0) is 61.2 Å². The van der Waals surface area contributed by atoms with Crippen LogP contribution in [0.25, 0.3) is 10.4 Å². The van der Waals surface area contributed by atoms with Crippen LogP contribution in [0.5, 0.6) is 5.75 Å². The van der Waals surface area contributed by atoms with Crippen molar-refractivity contribution in [3.05, 3.63) is 110 Å². The minimum absolute atomic E-state index is 0.111. The van der Waals surface area contributed by atoms with Gasteiger partial charge in [-0.1, -0.05) is 78.7 Å². The first-order chi connectivity index (χ1) is 20.0. The Morgan fingerprint density at radius 3 is 2.14 bits per heavy atom. The van der Waals surface area contributed by atoms with E-state index in [0.29, 0.717) is 32.9 Å². The molecule has 4 aromatic rings. The van der Waals surface area contributed by atoms with Crippen molar-refractivity contribution in [3.8, 4) is 16.2 Å². The van der Waals surface area contributed by atoms with Crippen LogP contribution < -0.4 is 4.74 Å². The van der Waals surface area contributed by atoms with Gasteiger partial charge in [0.25, 0.3) is 0 Å². The zero-order valence-corrected chi connectivity index (χ0v) is 25.1. The van der Waals surface area contributed by atoms with Crippen molar-refractivity contribution in [3.63, 3.8) is 0 Å². The summed E-state index contributed by atoms with van der Waals surface area (Å²) in [7, 11) is 0. The van der Waals surface area contributed by atoms with Gasteiger partial charge in [-0.3, -0.25) is 4.79 Å². The molecular formula is C32H27Cl2F3O4S. The minimum atomic E-state index is -4.41. The summed E-state index contributed by atoms with van der Waals surface area (Å²) < 4.78 is 50.2. The van der Waals surface area contributed by atoms with Crippen LogP contribution in [0.3, 0.4) is 0 Å². The fourth-order valence-corrected chi connectivity index (χ4v) is 5.92. The second-order valence-corrected chi connectivity index (χ2v) is 11.2. The molecule has 0 saturated heterocycles. The van der Waals surface area contributed by atoms with Gasteiger partial charge in [0, 0.05) is 16.9 Å². The van der Waals surface area contributed by atoms with Gasteiger partial charge in [0.15, 0.2) is 5.78 Å². The van der Waals surface area contributed by atoms with E-state index in [2.05, 4.69) is 0 Å². The van der Waals surface area contributed by atoms with E-state index in [4.69, 9.17) is 32.7 Å². The van der Waals surface area contributed by atoms with Crippen molar-refractivity contribution < 1.29 is 32.2 Å². The molecule has 0 aliphatic rings. The van der Waals surface area contributed by atoms with E-state index >= 15 is 0 Å². The zero-order chi connectivity index (χ0) is 30.5. The Hall–Kier alpha value is -3.33. The number of benzene rings is 3. The fraction of sp³-hybridized carbons (Fsp3) is 0.250. The molecule has 3 aromatic carbocycles. The molecule has 1 heterocycles. The maximum Gasteiger partial charge on any atom is 0.416 e. The summed E-state index contributed by atoms with van der Waals surface area (Å²) in [6.45, 7) is 3.70. The van der Waals surface area contributed by atoms with Crippen molar-refractivity contribution in [2.45, 2.75) is 44.9 Å². The topological polar surface area (TPSA) is 52.6 Å². The van der Waals surface area contributed by atoms with Crippen molar-refractivity contribution in [2.75, 3.05) is 6.61 Å². The van der Waals surface area contributed by atoms with Gasteiger partial charge in [-0.25, -0.2) is 4.79 Å². The first-order valence-corrected chi connectivity index (χ1v) is 14.8. The lowest BCUT2D eigenvalue weighted by molar-refractivity contribution is -0.163. The largest absolute Gasteiger partial charge is 0.469 e. The van der Waals surface area contributed by atoms with Gasteiger partial charge in [0.2, 0.25) is 5.60 Å². The lowest BCUT2D eigenvalue weighted by Crippen LogP contribution is -2.42. The normalized spacial score (nSPS) is 12.9. The number of alkyl halides is 3. The molecular weight excluding hydrogens is 608 g/mol. The predicted octanol–water partition coefficient (Wildman–Crippen LogP) is 9.80. The summed E-state index contributed by atoms with van der Waals surface area (Å²) in [5, 5.41) is 0.320. The van der Waals surface area contributed by atoms with Gasteiger partial charge >= 0.3 is 12.1 Å². The highest BCUT2D eigenvalue weighted by molar-refractivity contribution is 7.17. The molecule has 4 nitrogen and oxygen atoms in total. The van der Waals surface area contributed by atoms with E-state index in [0.717, 1.165) is 12.1 Å². The van der Waals surface area contributed by atoms with Gasteiger partial charge in [-0.15, -0.1) is 11.3 Å². The molecule has 0 radical (unpaired) electrons. The molecule has 0 N–H and O–H groups in total. The average molecular weight is 636 g/mol. The highest BCUT2D eigenvalue weighted by atomic mass is 35.5. The molecule has 0 fully saturated rings. The quantitative estimate of drug-likeness (QED) is 0.122. The molecule has 220 valence electrons. The number of Topliss-reactive ketones (excluding diaryl/α,β-unsaturated/α-hetero) is 1. The first-order valence-electron chi connectivity index (χ1n) is 13.2. The fourth-order valence-electron chi connectivity index (χ4n) is 4.46. The van der Waals surface area contributed by atoms with Crippen LogP contribution in [0.1, 0.15) is 53.1 Å². The Morgan fingerprint density at radius 2 is 1.52 bits per heavy atom. The monoisotopic (exact) mass is 634 g/mol. The van der Waals surface area contributed by atoms with Crippen molar-refractivity contribution in [1.29, 1.82) is 0 Å². The maximum absolute atomic E-state index is 13.1. The van der Waals surface area contributed by atoms with Crippen LogP contribution in [0.2, 0.25) is 10.0 Å². The van der Waals surface area contributed by atoms with Crippen molar-refractivity contribution in [2.24, 2.45) is 0 Å². The highest BCUT2D eigenvalue weighted by Crippen LogP contribution is 2.41. The van der Waals surface area contributed by atoms with Crippen molar-refractivity contribution in [1.82, 2.24) is 0 Å². The van der Waals surface area contributed by atoms with Crippen LogP contribution >= 0.6 is 34.5 Å². The predicted molar refractivity (Wildman–Crippen MR) is 160 cm³/mol. The Morgan fingerprint density at radius 1 is 0.833 bits per heavy atom. The first kappa shape index (κ1) is 31.6. The van der Waals surface area contributed by atoms with Gasteiger partial charge < -0.3 is 9.47 Å². The lowest BCUT2D eigenvalue weighted by atomic mass is 9.90. The Labute approximate surface area is 256 Å². The van der Waals surface area contributed by atoms with Gasteiger partial charge in [0.05, 0.1) is 22.1 Å². The summed E-state index contributed by atoms with van der Waals surface area (Å²) in [6.07, 6.45) is -3.71. The second kappa shape index (κ2) is 13.3. The molecule has 4 rings (SSSR count). The van der Waals surface area contributed by atoms with Crippen LogP contribution in [-0.2, 0) is 27.7 Å². The third-order valence-corrected chi connectivity index (χ3v) is 8.83. The number of thiophene rings is 1. The molecule has 1 aromatic heterocycles. The van der Waals surface area contributed by atoms with E-state index in [-0.39, 0.29) is 41.0 Å². The standard InChI is InChI=1S/C32H27Cl2F3O4S/c1-3-31(30(39)40-4-2,22-8-6-5-7-9-22)41-25-17-13-21(28(33)29(25)34)12-16-24(38)27-19-18-26(42-27)20-10-14-23(15-11-20)32(35,36)37/h5-11,13-15,17-19H,3-4,12,16H2,1-2H3. The SMILES string of the molecule is CCOC(=O)C(CC)(Oc1ccc(CCC(=O)c2ccc(-c3ccc(C(F)(F)F)cc3)s2)c(Cl)c1Cl)c1ccccc1. The van der Waals surface area contributed by atoms with E-state index in [1.165, 1.54) is 23.5 Å². The highest BCUT2D eigenvalue weighted by Gasteiger charge is 2.43. The number of carbonyl (C=O) groups is 2. The van der Waals surface area contributed by atoms with Gasteiger partial charge in [-0.2, -0.15) is 13.2 Å². The molecule has 0 aliphatic carbocycles. The number of rotatable bonds is 11. The number of halogens is 5. The summed E-state index contributed by atoms with van der Waals surface area (Å²) in [6, 6.07) is 20.5. The Bertz CT molecular complexity index is 1550. The molecule has 0 spiro atoms. The number of hydrogen-bond acceptors (Lipinski definition) is 5. The molecule has 1 unspecified atom stereocenters. The Balaban J connectivity index is 1.49. The number of carbonyl (C=O) groups excluding carboxylic acids is 2. The number of esters is 1. The molecule has 42 heavy (non-hydrogen) atoms. The number of aryl methyl sites for hydroxylation is 1. The average Bonchev–Trinajstić information content (AvgIpc) is 3.48. The van der Waals surface area contributed by atoms with E-state index < -0.39 is 23.3 Å². The van der Waals surface area contributed by atoms with Crippen LogP contribution in [0, 0.1) is 0 Å². The number of hydrogen-bond donors (Lipinski definition) is 0. The van der Waals surface area contributed by atoms with Crippen LogP contribution in [-0.4, -0.2) is 18.4 Å². The molecule has 0 saturated carbocycles. The summed E-state index contributed by atoms with van der Waals surface area (Å²) in [4.78, 5) is 27.2. The van der Waals surface area contributed by atoms with Crippen molar-refractivity contribution >= 4 is 46.3 Å². The molecule has 0 bridgehead atoms.